The largest absolute Gasteiger partial charge is 0.481 e. The van der Waals surface area contributed by atoms with Crippen molar-refractivity contribution in [1.29, 1.82) is 0 Å². The summed E-state index contributed by atoms with van der Waals surface area (Å²) in [6.07, 6.45) is -0.258. The molecule has 0 saturated heterocycles. The van der Waals surface area contributed by atoms with Crippen molar-refractivity contribution in [3.05, 3.63) is 52.3 Å². The van der Waals surface area contributed by atoms with Crippen LogP contribution in [0.5, 0.6) is 0 Å². The van der Waals surface area contributed by atoms with E-state index in [9.17, 15) is 9.59 Å². The van der Waals surface area contributed by atoms with Gasteiger partial charge >= 0.3 is 5.97 Å². The molecule has 0 aliphatic rings. The summed E-state index contributed by atoms with van der Waals surface area (Å²) in [5, 5.41) is 16.3. The molecule has 1 aromatic carbocycles. The standard InChI is InChI=1S/C15H16ClN3O3/c1-9-7-13(19(2)18-9)15(22)17-12(8-14(20)21)10-5-3-4-6-11(10)16/h3-7,12H,8H2,1-2H3,(H,17,22)(H,20,21)/t12-/m1/s1. The summed E-state index contributed by atoms with van der Waals surface area (Å²) in [5.74, 6) is -1.42. The van der Waals surface area contributed by atoms with Crippen molar-refractivity contribution in [2.45, 2.75) is 19.4 Å². The Hall–Kier alpha value is -2.34. The molecule has 0 bridgehead atoms. The molecule has 0 unspecified atom stereocenters. The molecule has 1 aromatic heterocycles. The molecule has 2 rings (SSSR count). The van der Waals surface area contributed by atoms with Crippen LogP contribution in [0.3, 0.4) is 0 Å². The third kappa shape index (κ3) is 3.65. The highest BCUT2D eigenvalue weighted by Gasteiger charge is 2.22. The summed E-state index contributed by atoms with van der Waals surface area (Å²) in [5.41, 5.74) is 1.64. The molecule has 6 nitrogen and oxygen atoms in total. The van der Waals surface area contributed by atoms with Crippen LogP contribution in [0.25, 0.3) is 0 Å². The SMILES string of the molecule is Cc1cc(C(=O)N[C@H](CC(=O)O)c2ccccc2Cl)n(C)n1. The van der Waals surface area contributed by atoms with E-state index in [1.54, 1.807) is 44.3 Å². The van der Waals surface area contributed by atoms with Gasteiger partial charge in [0.15, 0.2) is 0 Å². The Morgan fingerprint density at radius 3 is 2.64 bits per heavy atom. The van der Waals surface area contributed by atoms with E-state index in [0.29, 0.717) is 22.0 Å². The molecule has 0 fully saturated rings. The molecular formula is C15H16ClN3O3. The number of nitrogens with one attached hydrogen (secondary N) is 1. The minimum Gasteiger partial charge on any atom is -0.481 e. The summed E-state index contributed by atoms with van der Waals surface area (Å²) in [6.45, 7) is 1.78. The smallest absolute Gasteiger partial charge is 0.305 e. The molecule has 116 valence electrons. The molecule has 2 aromatic rings. The van der Waals surface area contributed by atoms with E-state index in [2.05, 4.69) is 10.4 Å². The van der Waals surface area contributed by atoms with E-state index < -0.39 is 17.9 Å². The fraction of sp³-hybridized carbons (Fsp3) is 0.267. The van der Waals surface area contributed by atoms with Gasteiger partial charge in [0.05, 0.1) is 18.2 Å². The second-order valence-corrected chi connectivity index (χ2v) is 5.35. The Morgan fingerprint density at radius 1 is 1.41 bits per heavy atom. The predicted molar refractivity (Wildman–Crippen MR) is 81.9 cm³/mol. The van der Waals surface area contributed by atoms with E-state index in [-0.39, 0.29) is 6.42 Å². The van der Waals surface area contributed by atoms with Gasteiger partial charge in [0.25, 0.3) is 5.91 Å². The number of hydrogen-bond donors (Lipinski definition) is 2. The maximum Gasteiger partial charge on any atom is 0.305 e. The quantitative estimate of drug-likeness (QED) is 0.885. The summed E-state index contributed by atoms with van der Waals surface area (Å²) >= 11 is 6.11. The van der Waals surface area contributed by atoms with Crippen LogP contribution in [-0.4, -0.2) is 26.8 Å². The highest BCUT2D eigenvalue weighted by molar-refractivity contribution is 6.31. The van der Waals surface area contributed by atoms with Crippen molar-refractivity contribution in [1.82, 2.24) is 15.1 Å². The molecule has 0 aliphatic heterocycles. The lowest BCUT2D eigenvalue weighted by atomic mass is 10.0. The minimum absolute atomic E-state index is 0.258. The lowest BCUT2D eigenvalue weighted by Gasteiger charge is -2.18. The van der Waals surface area contributed by atoms with Crippen LogP contribution in [0, 0.1) is 6.92 Å². The first-order chi connectivity index (χ1) is 10.4. The van der Waals surface area contributed by atoms with Crippen molar-refractivity contribution in [2.75, 3.05) is 0 Å². The molecule has 0 saturated carbocycles. The van der Waals surface area contributed by atoms with Gasteiger partial charge in [0, 0.05) is 12.1 Å². The Morgan fingerprint density at radius 2 is 2.09 bits per heavy atom. The molecule has 0 spiro atoms. The van der Waals surface area contributed by atoms with Gasteiger partial charge in [-0.1, -0.05) is 29.8 Å². The van der Waals surface area contributed by atoms with Gasteiger partial charge in [0.1, 0.15) is 5.69 Å². The molecular weight excluding hydrogens is 306 g/mol. The number of carbonyl (C=O) groups is 2. The second-order valence-electron chi connectivity index (χ2n) is 4.94. The number of carboxylic acid groups (broad SMARTS) is 1. The highest BCUT2D eigenvalue weighted by Crippen LogP contribution is 2.25. The Balaban J connectivity index is 2.27. The number of rotatable bonds is 5. The van der Waals surface area contributed by atoms with Crippen molar-refractivity contribution >= 4 is 23.5 Å². The molecule has 2 N–H and O–H groups in total. The van der Waals surface area contributed by atoms with E-state index in [1.807, 2.05) is 0 Å². The molecule has 1 atom stereocenters. The number of nitrogens with zero attached hydrogens (tertiary/aromatic N) is 2. The van der Waals surface area contributed by atoms with E-state index in [4.69, 9.17) is 16.7 Å². The van der Waals surface area contributed by atoms with Gasteiger partial charge in [0.2, 0.25) is 0 Å². The normalized spacial score (nSPS) is 12.0. The van der Waals surface area contributed by atoms with Crippen molar-refractivity contribution in [3.63, 3.8) is 0 Å². The number of carbonyl (C=O) groups excluding carboxylic acids is 1. The Labute approximate surface area is 132 Å². The van der Waals surface area contributed by atoms with Gasteiger partial charge in [-0.3, -0.25) is 14.3 Å². The Bertz CT molecular complexity index is 712. The molecule has 7 heteroatoms. The van der Waals surface area contributed by atoms with Gasteiger partial charge in [-0.2, -0.15) is 5.10 Å². The highest BCUT2D eigenvalue weighted by atomic mass is 35.5. The van der Waals surface area contributed by atoms with Crippen molar-refractivity contribution in [2.24, 2.45) is 7.05 Å². The monoisotopic (exact) mass is 321 g/mol. The molecule has 1 heterocycles. The maximum atomic E-state index is 12.3. The van der Waals surface area contributed by atoms with Crippen LogP contribution in [0.15, 0.2) is 30.3 Å². The van der Waals surface area contributed by atoms with Crippen LogP contribution in [0.4, 0.5) is 0 Å². The lowest BCUT2D eigenvalue weighted by Crippen LogP contribution is -2.31. The van der Waals surface area contributed by atoms with Gasteiger partial charge in [-0.15, -0.1) is 0 Å². The average molecular weight is 322 g/mol. The fourth-order valence-electron chi connectivity index (χ4n) is 2.23. The third-order valence-corrected chi connectivity index (χ3v) is 3.54. The fourth-order valence-corrected chi connectivity index (χ4v) is 2.49. The molecule has 0 aliphatic carbocycles. The first-order valence-electron chi connectivity index (χ1n) is 6.66. The number of hydrogen-bond acceptors (Lipinski definition) is 3. The zero-order valence-electron chi connectivity index (χ0n) is 12.2. The summed E-state index contributed by atoms with van der Waals surface area (Å²) in [6, 6.07) is 7.78. The number of amides is 1. The maximum absolute atomic E-state index is 12.3. The summed E-state index contributed by atoms with van der Waals surface area (Å²) < 4.78 is 1.45. The second kappa shape index (κ2) is 6.62. The first kappa shape index (κ1) is 16.0. The number of aromatic nitrogens is 2. The van der Waals surface area contributed by atoms with Crippen molar-refractivity contribution in [3.8, 4) is 0 Å². The van der Waals surface area contributed by atoms with Crippen LogP contribution in [0.2, 0.25) is 5.02 Å². The molecule has 1 amide bonds. The van der Waals surface area contributed by atoms with E-state index in [1.165, 1.54) is 4.68 Å². The van der Waals surface area contributed by atoms with Crippen LogP contribution in [0.1, 0.15) is 34.2 Å². The molecule has 0 radical (unpaired) electrons. The van der Waals surface area contributed by atoms with E-state index >= 15 is 0 Å². The number of benzene rings is 1. The van der Waals surface area contributed by atoms with Gasteiger partial charge < -0.3 is 10.4 Å². The van der Waals surface area contributed by atoms with Crippen LogP contribution >= 0.6 is 11.6 Å². The van der Waals surface area contributed by atoms with E-state index in [0.717, 1.165) is 0 Å². The third-order valence-electron chi connectivity index (χ3n) is 3.20. The average Bonchev–Trinajstić information content (AvgIpc) is 2.77. The van der Waals surface area contributed by atoms with Crippen LogP contribution < -0.4 is 5.32 Å². The first-order valence-corrected chi connectivity index (χ1v) is 7.04. The number of aliphatic carboxylic acids is 1. The van der Waals surface area contributed by atoms with Gasteiger partial charge in [-0.05, 0) is 24.6 Å². The Kier molecular flexibility index (Phi) is 4.82. The topological polar surface area (TPSA) is 84.2 Å². The van der Waals surface area contributed by atoms with Crippen LogP contribution in [-0.2, 0) is 11.8 Å². The zero-order chi connectivity index (χ0) is 16.3. The van der Waals surface area contributed by atoms with Crippen molar-refractivity contribution < 1.29 is 14.7 Å². The number of carboxylic acids is 1. The van der Waals surface area contributed by atoms with Gasteiger partial charge in [-0.25, -0.2) is 0 Å². The zero-order valence-corrected chi connectivity index (χ0v) is 13.0. The minimum atomic E-state index is -1.02. The number of aryl methyl sites for hydroxylation is 2. The predicted octanol–water partition coefficient (Wildman–Crippen LogP) is 2.33. The number of halogens is 1. The molecule has 22 heavy (non-hydrogen) atoms. The summed E-state index contributed by atoms with van der Waals surface area (Å²) in [7, 11) is 1.66. The summed E-state index contributed by atoms with van der Waals surface area (Å²) in [4.78, 5) is 23.4. The lowest BCUT2D eigenvalue weighted by molar-refractivity contribution is -0.137.